The van der Waals surface area contributed by atoms with Crippen LogP contribution in [0.3, 0.4) is 0 Å². The van der Waals surface area contributed by atoms with Crippen LogP contribution in [0.15, 0.2) is 63.3 Å². The van der Waals surface area contributed by atoms with Crippen molar-refractivity contribution >= 4 is 41.9 Å². The molecule has 0 aliphatic rings. The predicted molar refractivity (Wildman–Crippen MR) is 171 cm³/mol. The van der Waals surface area contributed by atoms with E-state index in [9.17, 15) is 33.6 Å². The first-order chi connectivity index (χ1) is 23.2. The number of esters is 6. The van der Waals surface area contributed by atoms with Gasteiger partial charge in [-0.3, -0.25) is 4.79 Å². The van der Waals surface area contributed by atoms with E-state index in [0.29, 0.717) is 6.42 Å². The van der Waals surface area contributed by atoms with Gasteiger partial charge in [0.15, 0.2) is 0 Å². The third-order valence-electron chi connectivity index (χ3n) is 6.39. The van der Waals surface area contributed by atoms with Crippen LogP contribution in [0, 0.1) is 16.7 Å². The van der Waals surface area contributed by atoms with Crippen molar-refractivity contribution < 1.29 is 71.5 Å². The first kappa shape index (κ1) is 43.8. The highest BCUT2D eigenvalue weighted by atomic mass is 16.6. The number of alkyl carbamates (subject to hydrolysis) is 1. The number of carbonyl (C=O) groups excluding carboxylic acids is 7. The molecule has 0 saturated carbocycles. The summed E-state index contributed by atoms with van der Waals surface area (Å²) in [5, 5.41) is 2.40. The maximum Gasteiger partial charge on any atom is 0.407 e. The monoisotopic (exact) mass is 695 g/mol. The number of ether oxygens (including phenoxy) is 8. The molecule has 0 rings (SSSR count). The van der Waals surface area contributed by atoms with Crippen LogP contribution in [0.1, 0.15) is 20.3 Å². The van der Waals surface area contributed by atoms with Gasteiger partial charge in [0.2, 0.25) is 0 Å². The van der Waals surface area contributed by atoms with Gasteiger partial charge in [-0.2, -0.15) is 0 Å². The van der Waals surface area contributed by atoms with Crippen LogP contribution in [0.25, 0.3) is 0 Å². The van der Waals surface area contributed by atoms with Crippen molar-refractivity contribution in [2.75, 3.05) is 66.0 Å². The molecule has 1 unspecified atom stereocenters. The molecular weight excluding hydrogens is 650 g/mol. The minimum absolute atomic E-state index is 0.0970. The van der Waals surface area contributed by atoms with Crippen molar-refractivity contribution in [3.8, 4) is 0 Å². The number of hydrogen-bond acceptors (Lipinski definition) is 15. The minimum atomic E-state index is -1.59. The molecule has 0 aliphatic heterocycles. The van der Waals surface area contributed by atoms with E-state index in [-0.39, 0.29) is 19.1 Å². The van der Waals surface area contributed by atoms with Crippen molar-refractivity contribution in [2.45, 2.75) is 20.3 Å². The Morgan fingerprint density at radius 3 is 1.18 bits per heavy atom. The predicted octanol–water partition coefficient (Wildman–Crippen LogP) is 1.94. The summed E-state index contributed by atoms with van der Waals surface area (Å²) in [5.41, 5.74) is -3.13. The van der Waals surface area contributed by atoms with Gasteiger partial charge < -0.3 is 43.2 Å². The molecule has 272 valence electrons. The zero-order valence-corrected chi connectivity index (χ0v) is 27.9. The third kappa shape index (κ3) is 18.6. The molecular formula is C33H45NO15. The van der Waals surface area contributed by atoms with E-state index < -0.39 is 106 Å². The van der Waals surface area contributed by atoms with E-state index >= 15 is 0 Å². The smallest absolute Gasteiger partial charge is 0.407 e. The van der Waals surface area contributed by atoms with Crippen LogP contribution in [0.2, 0.25) is 0 Å². The van der Waals surface area contributed by atoms with Crippen LogP contribution in [-0.2, 0) is 66.7 Å². The normalized spacial score (nSPS) is 11.3. The number of rotatable bonds is 26. The fourth-order valence-electron chi connectivity index (χ4n) is 3.28. The van der Waals surface area contributed by atoms with Gasteiger partial charge in [0.05, 0.1) is 36.5 Å². The number of amides is 1. The zero-order valence-electron chi connectivity index (χ0n) is 27.9. The Bertz CT molecular complexity index is 1120. The van der Waals surface area contributed by atoms with Crippen molar-refractivity contribution in [1.82, 2.24) is 5.32 Å². The Labute approximate surface area is 285 Å². The van der Waals surface area contributed by atoms with Gasteiger partial charge in [-0.25, -0.2) is 28.8 Å². The van der Waals surface area contributed by atoms with Gasteiger partial charge in [-0.1, -0.05) is 46.7 Å². The Hall–Kier alpha value is -5.25. The van der Waals surface area contributed by atoms with Crippen LogP contribution >= 0.6 is 0 Å². The molecule has 0 spiro atoms. The zero-order chi connectivity index (χ0) is 37.3. The van der Waals surface area contributed by atoms with Crippen molar-refractivity contribution in [3.63, 3.8) is 0 Å². The molecule has 49 heavy (non-hydrogen) atoms. The molecule has 0 aromatic rings. The second kappa shape index (κ2) is 24.0. The van der Waals surface area contributed by atoms with Crippen LogP contribution < -0.4 is 5.32 Å². The molecule has 16 nitrogen and oxygen atoms in total. The molecule has 1 amide bonds. The Kier molecular flexibility index (Phi) is 21.4. The van der Waals surface area contributed by atoms with Crippen LogP contribution in [-0.4, -0.2) is 108 Å². The molecule has 0 aromatic carbocycles. The van der Waals surface area contributed by atoms with E-state index in [1.807, 2.05) is 6.92 Å². The molecule has 1 N–H and O–H groups in total. The molecule has 1 atom stereocenters. The molecule has 0 bridgehead atoms. The Balaban J connectivity index is 6.24. The number of carbonyl (C=O) groups is 7. The first-order valence-corrected chi connectivity index (χ1v) is 14.9. The van der Waals surface area contributed by atoms with E-state index in [4.69, 9.17) is 37.9 Å². The number of nitrogens with one attached hydrogen (secondary N) is 1. The summed E-state index contributed by atoms with van der Waals surface area (Å²) < 4.78 is 42.3. The molecule has 0 fully saturated rings. The maximum atomic E-state index is 12.5. The molecule has 16 heteroatoms. The van der Waals surface area contributed by atoms with Crippen LogP contribution in [0.4, 0.5) is 4.79 Å². The fourth-order valence-corrected chi connectivity index (χ4v) is 3.28. The van der Waals surface area contributed by atoms with E-state index in [1.54, 1.807) is 6.92 Å². The van der Waals surface area contributed by atoms with Gasteiger partial charge in [-0.05, 0) is 6.42 Å². The summed E-state index contributed by atoms with van der Waals surface area (Å²) in [5.74, 6) is -5.06. The highest BCUT2D eigenvalue weighted by Gasteiger charge is 2.40. The quantitative estimate of drug-likeness (QED) is 0.0594. The second-order valence-corrected chi connectivity index (χ2v) is 10.5. The van der Waals surface area contributed by atoms with Crippen molar-refractivity contribution in [1.29, 1.82) is 0 Å². The van der Waals surface area contributed by atoms with Gasteiger partial charge in [-0.15, -0.1) is 0 Å². The average Bonchev–Trinajstić information content (AvgIpc) is 3.12. The molecule has 0 saturated heterocycles. The van der Waals surface area contributed by atoms with Crippen molar-refractivity contribution in [3.05, 3.63) is 63.3 Å². The lowest BCUT2D eigenvalue weighted by Crippen LogP contribution is -2.47. The topological polar surface area (TPSA) is 205 Å². The first-order valence-electron chi connectivity index (χ1n) is 14.9. The van der Waals surface area contributed by atoms with Crippen LogP contribution in [0.5, 0.6) is 0 Å². The highest BCUT2D eigenvalue weighted by Crippen LogP contribution is 2.26. The molecule has 0 heterocycles. The third-order valence-corrected chi connectivity index (χ3v) is 6.39. The maximum absolute atomic E-state index is 12.5. The summed E-state index contributed by atoms with van der Waals surface area (Å²) in [6.07, 6.45) is 3.98. The highest BCUT2D eigenvalue weighted by molar-refractivity contribution is 5.83. The van der Waals surface area contributed by atoms with E-state index in [1.165, 1.54) is 0 Å². The molecule has 0 radical (unpaired) electrons. The molecule has 0 aromatic heterocycles. The second-order valence-electron chi connectivity index (χ2n) is 10.5. The summed E-state index contributed by atoms with van der Waals surface area (Å²) in [6, 6.07) is 0. The number of hydrogen-bond donors (Lipinski definition) is 1. The fraction of sp³-hybridized carbons (Fsp3) is 0.485. The Morgan fingerprint density at radius 2 is 0.878 bits per heavy atom. The largest absolute Gasteiger partial charge is 0.464 e. The van der Waals surface area contributed by atoms with Gasteiger partial charge >= 0.3 is 41.9 Å². The summed E-state index contributed by atoms with van der Waals surface area (Å²) in [4.78, 5) is 84.2. The summed E-state index contributed by atoms with van der Waals surface area (Å²) >= 11 is 0. The lowest BCUT2D eigenvalue weighted by Gasteiger charge is -2.35. The average molecular weight is 696 g/mol. The van der Waals surface area contributed by atoms with Gasteiger partial charge in [0, 0.05) is 30.4 Å². The molecule has 0 aliphatic carbocycles. The Morgan fingerprint density at radius 1 is 0.551 bits per heavy atom. The van der Waals surface area contributed by atoms with Gasteiger partial charge in [0.1, 0.15) is 46.2 Å². The standard InChI is InChI=1S/C33H45NO15/c1-8-24(7)30(40)43-15-14-34-31(41)49-23-33(21-47-28(38)12-5,22-48-29(39)13-6)17-42-16-32(18-44-25(35)9-2,19-45-26(36)10-3)20-46-27(37)11-4/h9-13,24H,2-6,8,14-23H2,1,7H3,(H,34,41). The minimum Gasteiger partial charge on any atom is -0.464 e. The lowest BCUT2D eigenvalue weighted by molar-refractivity contribution is -0.167. The van der Waals surface area contributed by atoms with Crippen molar-refractivity contribution in [2.24, 2.45) is 16.7 Å². The summed E-state index contributed by atoms with van der Waals surface area (Å²) in [6.45, 7) is 15.8. The lowest BCUT2D eigenvalue weighted by atomic mass is 9.90. The van der Waals surface area contributed by atoms with Gasteiger partial charge in [0.25, 0.3) is 0 Å². The van der Waals surface area contributed by atoms with E-state index in [2.05, 4.69) is 38.2 Å². The van der Waals surface area contributed by atoms with E-state index in [0.717, 1.165) is 30.4 Å². The summed E-state index contributed by atoms with van der Waals surface area (Å²) in [7, 11) is 0. The SMILES string of the molecule is C=CC(=O)OCC(COCC(COC(=O)C=C)(COC(=O)C=C)COC(=O)NCCOC(=O)C(C)CC)(COC(=O)C=C)COC(=O)C=C.